The molecule has 2 aromatic rings. The van der Waals surface area contributed by atoms with Crippen molar-refractivity contribution in [3.8, 4) is 5.75 Å². The molecule has 0 saturated carbocycles. The van der Waals surface area contributed by atoms with Crippen LogP contribution in [0.2, 0.25) is 0 Å². The highest BCUT2D eigenvalue weighted by Crippen LogP contribution is 2.41. The number of amides is 2. The molecular weight excluding hydrogens is 437 g/mol. The van der Waals surface area contributed by atoms with E-state index in [0.717, 1.165) is 5.01 Å². The van der Waals surface area contributed by atoms with E-state index < -0.39 is 36.1 Å². The summed E-state index contributed by atoms with van der Waals surface area (Å²) in [6.07, 6.45) is -5.63. The van der Waals surface area contributed by atoms with E-state index in [1.165, 1.54) is 6.92 Å². The summed E-state index contributed by atoms with van der Waals surface area (Å²) in [6, 6.07) is 12.8. The van der Waals surface area contributed by atoms with Crippen molar-refractivity contribution in [2.45, 2.75) is 38.1 Å². The number of benzene rings is 2. The minimum Gasteiger partial charge on any atom is -0.494 e. The number of carbonyl (C=O) groups excluding carboxylic acids is 2. The number of alkyl halides is 3. The van der Waals surface area contributed by atoms with Crippen LogP contribution in [-0.2, 0) is 9.59 Å². The predicted molar refractivity (Wildman–Crippen MR) is 115 cm³/mol. The zero-order valence-electron chi connectivity index (χ0n) is 17.9. The van der Waals surface area contributed by atoms with Crippen LogP contribution in [0.3, 0.4) is 0 Å². The number of halogens is 3. The van der Waals surface area contributed by atoms with Gasteiger partial charge in [-0.05, 0) is 31.5 Å². The molecule has 0 aliphatic carbocycles. The standard InChI is InChI=1S/C23H23F3N4O3/c1-3-33-16-11-7-10-15(12-16)28-21(31)17-13(2)27-20-18(14-8-5-4-6-9-14)19(23(24,25)26)29-30(20)22(17)32/h4-12,18-20,27,29H,3H2,1-2H3,(H,28,31). The van der Waals surface area contributed by atoms with Crippen molar-refractivity contribution in [1.82, 2.24) is 15.8 Å². The van der Waals surface area contributed by atoms with Crippen molar-refractivity contribution in [1.29, 1.82) is 0 Å². The van der Waals surface area contributed by atoms with E-state index in [-0.39, 0.29) is 11.3 Å². The van der Waals surface area contributed by atoms with E-state index in [9.17, 15) is 22.8 Å². The van der Waals surface area contributed by atoms with Gasteiger partial charge in [0.05, 0.1) is 12.5 Å². The second-order valence-corrected chi connectivity index (χ2v) is 7.76. The number of nitrogens with one attached hydrogen (secondary N) is 3. The summed E-state index contributed by atoms with van der Waals surface area (Å²) in [6.45, 7) is 3.76. The van der Waals surface area contributed by atoms with Gasteiger partial charge in [-0.25, -0.2) is 10.4 Å². The van der Waals surface area contributed by atoms with Crippen molar-refractivity contribution in [2.75, 3.05) is 11.9 Å². The number of rotatable bonds is 5. The predicted octanol–water partition coefficient (Wildman–Crippen LogP) is 3.29. The van der Waals surface area contributed by atoms with E-state index in [4.69, 9.17) is 4.74 Å². The summed E-state index contributed by atoms with van der Waals surface area (Å²) in [5.41, 5.74) is 3.04. The van der Waals surface area contributed by atoms with Gasteiger partial charge in [-0.1, -0.05) is 36.4 Å². The lowest BCUT2D eigenvalue weighted by Crippen LogP contribution is -2.56. The summed E-state index contributed by atoms with van der Waals surface area (Å²) >= 11 is 0. The van der Waals surface area contributed by atoms with Gasteiger partial charge in [0.15, 0.2) is 0 Å². The van der Waals surface area contributed by atoms with Gasteiger partial charge in [0.25, 0.3) is 11.8 Å². The minimum absolute atomic E-state index is 0.199. The summed E-state index contributed by atoms with van der Waals surface area (Å²) in [4.78, 5) is 26.1. The van der Waals surface area contributed by atoms with Gasteiger partial charge in [0.1, 0.15) is 23.5 Å². The quantitative estimate of drug-likeness (QED) is 0.597. The Labute approximate surface area is 188 Å². The van der Waals surface area contributed by atoms with Crippen LogP contribution in [0, 0.1) is 0 Å². The second-order valence-electron chi connectivity index (χ2n) is 7.76. The van der Waals surface area contributed by atoms with E-state index in [0.29, 0.717) is 23.6 Å². The number of hydrazine groups is 1. The number of anilines is 1. The van der Waals surface area contributed by atoms with Crippen LogP contribution in [0.4, 0.5) is 18.9 Å². The summed E-state index contributed by atoms with van der Waals surface area (Å²) in [5, 5.41) is 6.44. The number of ether oxygens (including phenoxy) is 1. The van der Waals surface area contributed by atoms with Crippen molar-refractivity contribution in [2.24, 2.45) is 0 Å². The van der Waals surface area contributed by atoms with Crippen LogP contribution in [-0.4, -0.2) is 41.8 Å². The molecule has 2 aliphatic rings. The average molecular weight is 460 g/mol. The van der Waals surface area contributed by atoms with Gasteiger partial charge in [0.2, 0.25) is 0 Å². The maximum absolute atomic E-state index is 13.9. The largest absolute Gasteiger partial charge is 0.494 e. The molecule has 174 valence electrons. The number of hydrogen-bond donors (Lipinski definition) is 3. The molecule has 3 unspecified atom stereocenters. The van der Waals surface area contributed by atoms with E-state index >= 15 is 0 Å². The van der Waals surface area contributed by atoms with Crippen LogP contribution in [0.15, 0.2) is 65.9 Å². The Hall–Kier alpha value is -3.53. The van der Waals surface area contributed by atoms with Crippen LogP contribution in [0.1, 0.15) is 25.3 Å². The lowest BCUT2D eigenvalue weighted by Gasteiger charge is -2.34. The number of fused-ring (bicyclic) bond motifs is 1. The first kappa shape index (κ1) is 22.7. The Morgan fingerprint density at radius 3 is 2.55 bits per heavy atom. The maximum atomic E-state index is 13.9. The molecule has 1 fully saturated rings. The molecular formula is C23H23F3N4O3. The number of hydrogen-bond acceptors (Lipinski definition) is 5. The minimum atomic E-state index is -4.62. The third kappa shape index (κ3) is 4.38. The van der Waals surface area contributed by atoms with Gasteiger partial charge in [0, 0.05) is 17.5 Å². The SMILES string of the molecule is CCOc1cccc(NC(=O)C2=C(C)NC3C(c4ccccc4)C(C(F)(F)F)NN3C2=O)c1. The van der Waals surface area contributed by atoms with Crippen molar-refractivity contribution in [3.63, 3.8) is 0 Å². The highest BCUT2D eigenvalue weighted by atomic mass is 19.4. The van der Waals surface area contributed by atoms with Gasteiger partial charge < -0.3 is 15.4 Å². The first-order chi connectivity index (χ1) is 15.7. The summed E-state index contributed by atoms with van der Waals surface area (Å²) < 4.78 is 47.0. The van der Waals surface area contributed by atoms with Crippen molar-refractivity contribution in [3.05, 3.63) is 71.4 Å². The molecule has 33 heavy (non-hydrogen) atoms. The van der Waals surface area contributed by atoms with Crippen LogP contribution < -0.4 is 20.8 Å². The molecule has 3 atom stereocenters. The molecule has 1 saturated heterocycles. The van der Waals surface area contributed by atoms with Crippen LogP contribution in [0.25, 0.3) is 0 Å². The Morgan fingerprint density at radius 2 is 1.88 bits per heavy atom. The van der Waals surface area contributed by atoms with Gasteiger partial charge >= 0.3 is 6.18 Å². The van der Waals surface area contributed by atoms with E-state index in [2.05, 4.69) is 16.1 Å². The number of carbonyl (C=O) groups is 2. The lowest BCUT2D eigenvalue weighted by molar-refractivity contribution is -0.161. The zero-order chi connectivity index (χ0) is 23.8. The first-order valence-corrected chi connectivity index (χ1v) is 10.4. The molecule has 10 heteroatoms. The van der Waals surface area contributed by atoms with Gasteiger partial charge in [-0.3, -0.25) is 9.59 Å². The molecule has 7 nitrogen and oxygen atoms in total. The van der Waals surface area contributed by atoms with E-state index in [1.54, 1.807) is 54.6 Å². The molecule has 2 heterocycles. The zero-order valence-corrected chi connectivity index (χ0v) is 17.9. The molecule has 4 rings (SSSR count). The average Bonchev–Trinajstić information content (AvgIpc) is 3.15. The Bertz CT molecular complexity index is 1090. The molecule has 0 bridgehead atoms. The molecule has 2 aliphatic heterocycles. The maximum Gasteiger partial charge on any atom is 0.406 e. The van der Waals surface area contributed by atoms with Crippen molar-refractivity contribution >= 4 is 17.5 Å². The molecule has 0 spiro atoms. The van der Waals surface area contributed by atoms with E-state index in [1.807, 2.05) is 6.92 Å². The lowest BCUT2D eigenvalue weighted by atomic mass is 9.89. The monoisotopic (exact) mass is 460 g/mol. The fourth-order valence-corrected chi connectivity index (χ4v) is 4.19. The van der Waals surface area contributed by atoms with Gasteiger partial charge in [-0.15, -0.1) is 0 Å². The highest BCUT2D eigenvalue weighted by molar-refractivity contribution is 6.23. The molecule has 2 aromatic carbocycles. The normalized spacial score (nSPS) is 22.6. The third-order valence-corrected chi connectivity index (χ3v) is 5.59. The smallest absolute Gasteiger partial charge is 0.406 e. The molecule has 0 radical (unpaired) electrons. The summed E-state index contributed by atoms with van der Waals surface area (Å²) in [7, 11) is 0. The molecule has 2 amide bonds. The van der Waals surface area contributed by atoms with Gasteiger partial charge in [-0.2, -0.15) is 13.2 Å². The fourth-order valence-electron chi connectivity index (χ4n) is 4.19. The highest BCUT2D eigenvalue weighted by Gasteiger charge is 2.58. The van der Waals surface area contributed by atoms with Crippen LogP contribution >= 0.6 is 0 Å². The number of nitrogens with zero attached hydrogens (tertiary/aromatic N) is 1. The Kier molecular flexibility index (Phi) is 6.03. The third-order valence-electron chi connectivity index (χ3n) is 5.59. The Balaban J connectivity index is 1.63. The molecule has 0 aromatic heterocycles. The topological polar surface area (TPSA) is 82.7 Å². The Morgan fingerprint density at radius 1 is 1.15 bits per heavy atom. The molecule has 3 N–H and O–H groups in total. The van der Waals surface area contributed by atoms with Crippen LogP contribution in [0.5, 0.6) is 5.75 Å². The first-order valence-electron chi connectivity index (χ1n) is 10.4. The second kappa shape index (κ2) is 8.78. The summed E-state index contributed by atoms with van der Waals surface area (Å²) in [5.74, 6) is -2.13. The van der Waals surface area contributed by atoms with Crippen molar-refractivity contribution < 1.29 is 27.5 Å². The fraction of sp³-hybridized carbons (Fsp3) is 0.304. The number of allylic oxidation sites excluding steroid dienone is 1.